The first-order valence-corrected chi connectivity index (χ1v) is 8.62. The molecule has 144 valence electrons. The van der Waals surface area contributed by atoms with Crippen LogP contribution in [0.25, 0.3) is 0 Å². The molecule has 0 radical (unpaired) electrons. The van der Waals surface area contributed by atoms with Gasteiger partial charge in [0.1, 0.15) is 16.9 Å². The number of hydrogen-bond acceptors (Lipinski definition) is 4. The Hall–Kier alpha value is -3.02. The van der Waals surface area contributed by atoms with E-state index < -0.39 is 11.3 Å². The highest BCUT2D eigenvalue weighted by molar-refractivity contribution is 6.14. The zero-order valence-electron chi connectivity index (χ0n) is 16.6. The number of amides is 2. The highest BCUT2D eigenvalue weighted by Crippen LogP contribution is 2.31. The molecule has 0 aliphatic rings. The lowest BCUT2D eigenvalue weighted by Crippen LogP contribution is -2.41. The number of para-hydroxylation sites is 1. The Morgan fingerprint density at radius 1 is 0.889 bits per heavy atom. The van der Waals surface area contributed by atoms with Crippen LogP contribution in [0.1, 0.15) is 25.0 Å². The number of ether oxygens (including phenoxy) is 2. The first kappa shape index (κ1) is 20.3. The summed E-state index contributed by atoms with van der Waals surface area (Å²) in [4.78, 5) is 25.7. The van der Waals surface area contributed by atoms with Gasteiger partial charge in [-0.05, 0) is 51.0 Å². The molecule has 0 heterocycles. The maximum atomic E-state index is 12.8. The van der Waals surface area contributed by atoms with Crippen LogP contribution in [0.4, 0.5) is 11.4 Å². The van der Waals surface area contributed by atoms with Crippen LogP contribution in [0.3, 0.4) is 0 Å². The van der Waals surface area contributed by atoms with Gasteiger partial charge < -0.3 is 20.1 Å². The summed E-state index contributed by atoms with van der Waals surface area (Å²) in [5.74, 6) is 0.219. The Bertz CT molecular complexity index is 839. The Morgan fingerprint density at radius 3 is 2.04 bits per heavy atom. The maximum Gasteiger partial charge on any atom is 0.239 e. The summed E-state index contributed by atoms with van der Waals surface area (Å²) in [6.07, 6.45) is 0. The summed E-state index contributed by atoms with van der Waals surface area (Å²) >= 11 is 0. The third kappa shape index (κ3) is 4.39. The number of carbonyl (C=O) groups is 2. The molecule has 0 fully saturated rings. The zero-order chi connectivity index (χ0) is 20.2. The summed E-state index contributed by atoms with van der Waals surface area (Å²) in [5, 5.41) is 5.65. The van der Waals surface area contributed by atoms with Gasteiger partial charge in [-0.25, -0.2) is 0 Å². The smallest absolute Gasteiger partial charge is 0.239 e. The molecule has 2 N–H and O–H groups in total. The largest absolute Gasteiger partial charge is 0.497 e. The van der Waals surface area contributed by atoms with Crippen LogP contribution in [-0.4, -0.2) is 26.0 Å². The number of benzene rings is 2. The second-order valence-corrected chi connectivity index (χ2v) is 6.87. The van der Waals surface area contributed by atoms with Crippen LogP contribution in [0, 0.1) is 19.3 Å². The van der Waals surface area contributed by atoms with Crippen molar-refractivity contribution in [2.24, 2.45) is 5.41 Å². The van der Waals surface area contributed by atoms with Crippen molar-refractivity contribution in [1.82, 2.24) is 0 Å². The maximum absolute atomic E-state index is 12.8. The van der Waals surface area contributed by atoms with E-state index in [9.17, 15) is 9.59 Å². The van der Waals surface area contributed by atoms with Gasteiger partial charge in [0.2, 0.25) is 11.8 Å². The Labute approximate surface area is 159 Å². The summed E-state index contributed by atoms with van der Waals surface area (Å²) in [6.45, 7) is 6.99. The van der Waals surface area contributed by atoms with Crippen molar-refractivity contribution < 1.29 is 19.1 Å². The van der Waals surface area contributed by atoms with Gasteiger partial charge in [0.15, 0.2) is 0 Å². The molecular formula is C21H26N2O4. The lowest BCUT2D eigenvalue weighted by molar-refractivity contribution is -0.135. The molecule has 6 nitrogen and oxygen atoms in total. The number of hydrogen-bond donors (Lipinski definition) is 2. The minimum absolute atomic E-state index is 0.390. The second-order valence-electron chi connectivity index (χ2n) is 6.87. The van der Waals surface area contributed by atoms with Gasteiger partial charge >= 0.3 is 0 Å². The molecule has 27 heavy (non-hydrogen) atoms. The van der Waals surface area contributed by atoms with Gasteiger partial charge in [0, 0.05) is 11.8 Å². The van der Waals surface area contributed by atoms with Gasteiger partial charge in [-0.3, -0.25) is 9.59 Å². The predicted octanol–water partition coefficient (Wildman–Crippen LogP) is 3.92. The van der Waals surface area contributed by atoms with E-state index in [1.807, 2.05) is 32.0 Å². The van der Waals surface area contributed by atoms with Crippen molar-refractivity contribution in [2.45, 2.75) is 27.7 Å². The van der Waals surface area contributed by atoms with E-state index in [1.165, 1.54) is 14.2 Å². The van der Waals surface area contributed by atoms with Crippen LogP contribution < -0.4 is 20.1 Å². The fourth-order valence-corrected chi connectivity index (χ4v) is 2.57. The number of aryl methyl sites for hydroxylation is 2. The number of carbonyl (C=O) groups excluding carboxylic acids is 2. The van der Waals surface area contributed by atoms with Crippen molar-refractivity contribution in [3.63, 3.8) is 0 Å². The summed E-state index contributed by atoms with van der Waals surface area (Å²) < 4.78 is 10.5. The van der Waals surface area contributed by atoms with Gasteiger partial charge in [-0.2, -0.15) is 0 Å². The molecule has 2 rings (SSSR count). The minimum atomic E-state index is -1.30. The quantitative estimate of drug-likeness (QED) is 0.756. The second kappa shape index (κ2) is 8.12. The lowest BCUT2D eigenvalue weighted by Gasteiger charge is -2.24. The van der Waals surface area contributed by atoms with Crippen LogP contribution in [0.2, 0.25) is 0 Å². The van der Waals surface area contributed by atoms with E-state index in [0.717, 1.165) is 16.8 Å². The third-order valence-corrected chi connectivity index (χ3v) is 4.51. The molecule has 0 atom stereocenters. The Kier molecular flexibility index (Phi) is 6.10. The fourth-order valence-electron chi connectivity index (χ4n) is 2.57. The molecule has 2 aromatic carbocycles. The van der Waals surface area contributed by atoms with E-state index in [-0.39, 0.29) is 5.91 Å². The fraction of sp³-hybridized carbons (Fsp3) is 0.333. The molecule has 2 aromatic rings. The van der Waals surface area contributed by atoms with Crippen molar-refractivity contribution in [2.75, 3.05) is 24.9 Å². The van der Waals surface area contributed by atoms with Gasteiger partial charge in [-0.1, -0.05) is 18.2 Å². The first-order chi connectivity index (χ1) is 12.7. The summed E-state index contributed by atoms with van der Waals surface area (Å²) in [5.41, 5.74) is 1.74. The van der Waals surface area contributed by atoms with Gasteiger partial charge in [0.05, 0.1) is 19.9 Å². The van der Waals surface area contributed by atoms with Crippen molar-refractivity contribution >= 4 is 23.2 Å². The van der Waals surface area contributed by atoms with Gasteiger partial charge in [0.25, 0.3) is 0 Å². The van der Waals surface area contributed by atoms with Crippen molar-refractivity contribution in [1.29, 1.82) is 0 Å². The SMILES string of the molecule is COc1ccc(OC)c(NC(=O)C(C)(C)C(=O)Nc2c(C)cccc2C)c1. The molecule has 0 aliphatic heterocycles. The average molecular weight is 370 g/mol. The van der Waals surface area contributed by atoms with E-state index in [0.29, 0.717) is 17.2 Å². The monoisotopic (exact) mass is 370 g/mol. The van der Waals surface area contributed by atoms with Gasteiger partial charge in [-0.15, -0.1) is 0 Å². The number of rotatable bonds is 6. The molecule has 0 saturated heterocycles. The van der Waals surface area contributed by atoms with E-state index >= 15 is 0 Å². The van der Waals surface area contributed by atoms with E-state index in [2.05, 4.69) is 10.6 Å². The van der Waals surface area contributed by atoms with E-state index in [1.54, 1.807) is 32.0 Å². The zero-order valence-corrected chi connectivity index (χ0v) is 16.6. The standard InChI is InChI=1S/C21H26N2O4/c1-13-8-7-9-14(2)18(13)23-20(25)21(3,4)19(24)22-16-12-15(26-5)10-11-17(16)27-6/h7-12H,1-6H3,(H,22,24)(H,23,25). The molecule has 6 heteroatoms. The molecule has 0 spiro atoms. The molecule has 0 saturated carbocycles. The number of anilines is 2. The summed E-state index contributed by atoms with van der Waals surface area (Å²) in [7, 11) is 3.05. The predicted molar refractivity (Wildman–Crippen MR) is 107 cm³/mol. The minimum Gasteiger partial charge on any atom is -0.497 e. The number of nitrogens with one attached hydrogen (secondary N) is 2. The highest BCUT2D eigenvalue weighted by atomic mass is 16.5. The lowest BCUT2D eigenvalue weighted by atomic mass is 9.90. The van der Waals surface area contributed by atoms with Crippen molar-refractivity contribution in [3.8, 4) is 11.5 Å². The first-order valence-electron chi connectivity index (χ1n) is 8.62. The van der Waals surface area contributed by atoms with Crippen LogP contribution in [0.15, 0.2) is 36.4 Å². The average Bonchev–Trinajstić information content (AvgIpc) is 2.64. The molecule has 0 unspecified atom stereocenters. The van der Waals surface area contributed by atoms with E-state index in [4.69, 9.17) is 9.47 Å². The van der Waals surface area contributed by atoms with Crippen molar-refractivity contribution in [3.05, 3.63) is 47.5 Å². The normalized spacial score (nSPS) is 10.9. The molecule has 0 bridgehead atoms. The molecule has 2 amide bonds. The third-order valence-electron chi connectivity index (χ3n) is 4.51. The van der Waals surface area contributed by atoms with Crippen LogP contribution in [0.5, 0.6) is 11.5 Å². The molecule has 0 aromatic heterocycles. The topological polar surface area (TPSA) is 76.7 Å². The van der Waals surface area contributed by atoms with Crippen LogP contribution in [-0.2, 0) is 9.59 Å². The molecule has 0 aliphatic carbocycles. The van der Waals surface area contributed by atoms with Crippen LogP contribution >= 0.6 is 0 Å². The summed E-state index contributed by atoms with van der Waals surface area (Å²) in [6, 6.07) is 10.8. The number of methoxy groups -OCH3 is 2. The Morgan fingerprint density at radius 2 is 1.48 bits per heavy atom. The highest BCUT2D eigenvalue weighted by Gasteiger charge is 2.37. The molecular weight excluding hydrogens is 344 g/mol. The Balaban J connectivity index is 2.23.